The fourth-order valence-electron chi connectivity index (χ4n) is 2.66. The Labute approximate surface area is 169 Å². The third kappa shape index (κ3) is 4.66. The number of hydrogen-bond acceptors (Lipinski definition) is 5. The van der Waals surface area contributed by atoms with Crippen LogP contribution in [0.5, 0.6) is 0 Å². The maximum absolute atomic E-state index is 5.38. The normalized spacial score (nSPS) is 15.3. The molecule has 0 spiro atoms. The number of para-hydroxylation sites is 1. The van der Waals surface area contributed by atoms with Crippen LogP contribution in [0.4, 0.5) is 11.5 Å². The molecule has 1 aliphatic heterocycles. The number of pyridine rings is 1. The van der Waals surface area contributed by atoms with Gasteiger partial charge in [-0.15, -0.1) is 0 Å². The van der Waals surface area contributed by atoms with Crippen molar-refractivity contribution < 1.29 is 9.30 Å². The molecule has 1 aromatic heterocycles. The number of rotatable bonds is 5. The van der Waals surface area contributed by atoms with E-state index in [-0.39, 0.29) is 0 Å². The van der Waals surface area contributed by atoms with Crippen LogP contribution in [0.2, 0.25) is 0 Å². The van der Waals surface area contributed by atoms with E-state index in [0.717, 1.165) is 17.5 Å². The fourth-order valence-corrected chi connectivity index (χ4v) is 4.76. The van der Waals surface area contributed by atoms with Gasteiger partial charge in [0.2, 0.25) is 0 Å². The summed E-state index contributed by atoms with van der Waals surface area (Å²) in [7, 11) is 5.82. The molecule has 2 heterocycles. The van der Waals surface area contributed by atoms with E-state index in [0.29, 0.717) is 6.73 Å². The molecule has 0 saturated carbocycles. The first kappa shape index (κ1) is 19.8. The van der Waals surface area contributed by atoms with Gasteiger partial charge in [-0.05, 0) is 41.9 Å². The fraction of sp³-hybridized carbons (Fsp3) is 0.300. The predicted octanol–water partition coefficient (Wildman–Crippen LogP) is 4.20. The predicted molar refractivity (Wildman–Crippen MR) is 115 cm³/mol. The number of anilines is 1. The number of thioether (sulfide) groups is 2. The van der Waals surface area contributed by atoms with Crippen molar-refractivity contribution in [2.24, 2.45) is 12.0 Å². The maximum Gasteiger partial charge on any atom is 0.326 e. The largest absolute Gasteiger partial charge is 0.364 e. The monoisotopic (exact) mass is 401 g/mol. The molecule has 0 amide bonds. The Morgan fingerprint density at radius 1 is 1.30 bits per heavy atom. The lowest BCUT2D eigenvalue weighted by Gasteiger charge is -2.19. The van der Waals surface area contributed by atoms with Crippen molar-refractivity contribution in [2.45, 2.75) is 11.8 Å². The summed E-state index contributed by atoms with van der Waals surface area (Å²) in [6.45, 7) is 3.44. The Balaban J connectivity index is 1.87. The number of aryl methyl sites for hydroxylation is 1. The van der Waals surface area contributed by atoms with Crippen LogP contribution in [0.1, 0.15) is 6.92 Å². The van der Waals surface area contributed by atoms with E-state index in [1.807, 2.05) is 36.0 Å². The van der Waals surface area contributed by atoms with E-state index in [2.05, 4.69) is 53.4 Å². The summed E-state index contributed by atoms with van der Waals surface area (Å²) in [6.07, 6.45) is 2.00. The lowest BCUT2D eigenvalue weighted by molar-refractivity contribution is -0.658. The molecule has 0 radical (unpaired) electrons. The number of fused-ring (bicyclic) bond motifs is 1. The van der Waals surface area contributed by atoms with Gasteiger partial charge >= 0.3 is 5.82 Å². The average Bonchev–Trinajstić information content (AvgIpc) is 3.01. The zero-order valence-corrected chi connectivity index (χ0v) is 17.8. The summed E-state index contributed by atoms with van der Waals surface area (Å²) in [6, 6.07) is 14.5. The van der Waals surface area contributed by atoms with Gasteiger partial charge in [0.1, 0.15) is 6.73 Å². The second-order valence-electron chi connectivity index (χ2n) is 6.04. The number of ether oxygens (including phenoxy) is 1. The highest BCUT2D eigenvalue weighted by Crippen LogP contribution is 2.45. The van der Waals surface area contributed by atoms with Gasteiger partial charge in [-0.2, -0.15) is 0 Å². The molecule has 142 valence electrons. The number of benzene rings is 1. The third-order valence-corrected chi connectivity index (χ3v) is 6.43. The van der Waals surface area contributed by atoms with Crippen LogP contribution >= 0.6 is 23.5 Å². The Morgan fingerprint density at radius 3 is 2.78 bits per heavy atom. The summed E-state index contributed by atoms with van der Waals surface area (Å²) in [5.74, 6) is 0.906. The summed E-state index contributed by atoms with van der Waals surface area (Å²) in [5, 5.41) is 4.28. The zero-order chi connectivity index (χ0) is 19.2. The smallest absolute Gasteiger partial charge is 0.326 e. The molecular formula is C20H25N4OS2+. The standard InChI is InChI=1S/C20H25N4OS2/c1-5-24(15-25-4)20(21-18-12-8-9-13-22(18)2)26-14-19-23(3)16-10-6-7-11-17(16)27-19/h6-14H,5,15H2,1-4H3/q+1/b19-14+. The number of methoxy groups -OCH3 is 1. The summed E-state index contributed by atoms with van der Waals surface area (Å²) in [4.78, 5) is 10.5. The number of aromatic nitrogens is 1. The minimum atomic E-state index is 0.505. The molecule has 0 N–H and O–H groups in total. The third-order valence-electron chi connectivity index (χ3n) is 4.21. The number of amidine groups is 1. The van der Waals surface area contributed by atoms with E-state index in [4.69, 9.17) is 9.73 Å². The molecule has 0 aliphatic carbocycles. The Bertz CT molecular complexity index is 853. The molecular weight excluding hydrogens is 376 g/mol. The zero-order valence-electron chi connectivity index (χ0n) is 16.1. The Morgan fingerprint density at radius 2 is 2.07 bits per heavy atom. The minimum Gasteiger partial charge on any atom is -0.364 e. The molecule has 0 atom stereocenters. The average molecular weight is 402 g/mol. The van der Waals surface area contributed by atoms with Crippen LogP contribution < -0.4 is 9.47 Å². The molecule has 27 heavy (non-hydrogen) atoms. The van der Waals surface area contributed by atoms with E-state index < -0.39 is 0 Å². The van der Waals surface area contributed by atoms with E-state index in [1.165, 1.54) is 15.6 Å². The summed E-state index contributed by atoms with van der Waals surface area (Å²) >= 11 is 3.41. The lowest BCUT2D eigenvalue weighted by Crippen LogP contribution is -2.32. The van der Waals surface area contributed by atoms with Crippen LogP contribution in [-0.4, -0.2) is 37.5 Å². The van der Waals surface area contributed by atoms with Crippen molar-refractivity contribution in [3.05, 3.63) is 59.1 Å². The van der Waals surface area contributed by atoms with Crippen molar-refractivity contribution in [2.75, 3.05) is 32.3 Å². The van der Waals surface area contributed by atoms with Crippen LogP contribution in [0.25, 0.3) is 0 Å². The highest BCUT2D eigenvalue weighted by Gasteiger charge is 2.23. The van der Waals surface area contributed by atoms with E-state index >= 15 is 0 Å². The van der Waals surface area contributed by atoms with Gasteiger partial charge in [0.25, 0.3) is 5.17 Å². The first-order valence-electron chi connectivity index (χ1n) is 8.78. The van der Waals surface area contributed by atoms with Crippen LogP contribution in [-0.2, 0) is 11.8 Å². The minimum absolute atomic E-state index is 0.505. The molecule has 0 saturated heterocycles. The molecule has 2 aromatic rings. The van der Waals surface area contributed by atoms with Gasteiger partial charge in [0.05, 0.1) is 24.0 Å². The van der Waals surface area contributed by atoms with Gasteiger partial charge in [-0.1, -0.05) is 30.0 Å². The van der Waals surface area contributed by atoms with Gasteiger partial charge in [-0.25, -0.2) is 4.57 Å². The SMILES string of the molecule is CCN(COC)C(=Nc1cccc[n+]1C)S/C=C1/Sc2ccccc2N1C. The molecule has 0 unspecified atom stereocenters. The van der Waals surface area contributed by atoms with Crippen molar-refractivity contribution in [3.63, 3.8) is 0 Å². The van der Waals surface area contributed by atoms with Crippen molar-refractivity contribution in [1.29, 1.82) is 0 Å². The summed E-state index contributed by atoms with van der Waals surface area (Å²) < 4.78 is 7.39. The molecule has 1 aromatic carbocycles. The molecule has 0 fully saturated rings. The molecule has 3 rings (SSSR count). The van der Waals surface area contributed by atoms with Gasteiger partial charge in [0, 0.05) is 37.1 Å². The van der Waals surface area contributed by atoms with E-state index in [9.17, 15) is 0 Å². The molecule has 7 heteroatoms. The Kier molecular flexibility index (Phi) is 6.82. The number of nitrogens with zero attached hydrogens (tertiary/aromatic N) is 4. The van der Waals surface area contributed by atoms with Gasteiger partial charge < -0.3 is 14.5 Å². The first-order chi connectivity index (χ1) is 13.1. The Hall–Kier alpha value is -1.96. The van der Waals surface area contributed by atoms with E-state index in [1.54, 1.807) is 30.6 Å². The molecule has 0 bridgehead atoms. The first-order valence-corrected chi connectivity index (χ1v) is 10.5. The molecule has 5 nitrogen and oxygen atoms in total. The van der Waals surface area contributed by atoms with Gasteiger partial charge in [-0.3, -0.25) is 0 Å². The highest BCUT2D eigenvalue weighted by molar-refractivity contribution is 8.17. The van der Waals surface area contributed by atoms with Crippen molar-refractivity contribution >= 4 is 40.2 Å². The van der Waals surface area contributed by atoms with Crippen molar-refractivity contribution in [1.82, 2.24) is 4.90 Å². The topological polar surface area (TPSA) is 31.9 Å². The van der Waals surface area contributed by atoms with Crippen LogP contribution in [0.3, 0.4) is 0 Å². The highest BCUT2D eigenvalue weighted by atomic mass is 32.2. The number of aliphatic imine (C=N–C) groups is 1. The molecule has 1 aliphatic rings. The van der Waals surface area contributed by atoms with Crippen LogP contribution in [0.15, 0.2) is 69.0 Å². The van der Waals surface area contributed by atoms with Crippen LogP contribution in [0, 0.1) is 0 Å². The second-order valence-corrected chi connectivity index (χ2v) is 7.94. The van der Waals surface area contributed by atoms with Gasteiger partial charge in [0.15, 0.2) is 0 Å². The van der Waals surface area contributed by atoms with Crippen molar-refractivity contribution in [3.8, 4) is 0 Å². The second kappa shape index (κ2) is 9.30. The maximum atomic E-state index is 5.38. The number of hydrogen-bond donors (Lipinski definition) is 0. The summed E-state index contributed by atoms with van der Waals surface area (Å²) in [5.41, 5.74) is 1.24. The quantitative estimate of drug-likeness (QED) is 0.324. The lowest BCUT2D eigenvalue weighted by atomic mass is 10.3.